The Morgan fingerprint density at radius 2 is 1.51 bits per heavy atom. The molecule has 242 valence electrons. The highest BCUT2D eigenvalue weighted by molar-refractivity contribution is 5.98. The molecule has 6 rings (SSSR count). The van der Waals surface area contributed by atoms with Crippen LogP contribution >= 0.6 is 0 Å². The van der Waals surface area contributed by atoms with E-state index in [1.54, 1.807) is 60.7 Å². The van der Waals surface area contributed by atoms with Crippen LogP contribution in [0.4, 0.5) is 42.3 Å². The van der Waals surface area contributed by atoms with Crippen LogP contribution in [-0.4, -0.2) is 48.9 Å². The number of carbonyl (C=O) groups is 1. The summed E-state index contributed by atoms with van der Waals surface area (Å²) in [4.78, 5) is 30.7. The Labute approximate surface area is 270 Å². The lowest BCUT2D eigenvalue weighted by molar-refractivity contribution is 0.252. The first-order chi connectivity index (χ1) is 22.8. The quantitative estimate of drug-likeness (QED) is 0.118. The van der Waals surface area contributed by atoms with Gasteiger partial charge in [0.15, 0.2) is 17.5 Å². The summed E-state index contributed by atoms with van der Waals surface area (Å²) < 4.78 is 37.3. The van der Waals surface area contributed by atoms with Crippen molar-refractivity contribution in [3.63, 3.8) is 0 Å². The molecule has 47 heavy (non-hydrogen) atoms. The lowest BCUT2D eigenvalue weighted by Crippen LogP contribution is -2.29. The molecule has 1 saturated carbocycles. The SMILES string of the molecule is CCNC(=O)Nc1c(Nc2ccncc2)nc(-c2nn(Cc3c(F)cc(OCC)cc3F)c(C3CC3)c2C)nc1Nc1ccncc1. The fourth-order valence-electron chi connectivity index (χ4n) is 5.23. The number of ether oxygens (including phenoxy) is 1. The van der Waals surface area contributed by atoms with Crippen molar-refractivity contribution in [2.45, 2.75) is 46.1 Å². The predicted octanol–water partition coefficient (Wildman–Crippen LogP) is 6.67. The molecule has 14 heteroatoms. The lowest BCUT2D eigenvalue weighted by Gasteiger charge is -2.18. The van der Waals surface area contributed by atoms with Crippen LogP contribution in [0.5, 0.6) is 5.75 Å². The first-order valence-electron chi connectivity index (χ1n) is 15.3. The summed E-state index contributed by atoms with van der Waals surface area (Å²) in [6.07, 6.45) is 8.38. The molecule has 1 aromatic carbocycles. The Kier molecular flexibility index (Phi) is 9.18. The molecular formula is C33H34F2N10O2. The first-order valence-corrected chi connectivity index (χ1v) is 15.3. The van der Waals surface area contributed by atoms with Gasteiger partial charge < -0.3 is 26.0 Å². The molecule has 4 aromatic heterocycles. The van der Waals surface area contributed by atoms with Gasteiger partial charge in [0.25, 0.3) is 0 Å². The number of aromatic nitrogens is 6. The summed E-state index contributed by atoms with van der Waals surface area (Å²) in [6.45, 7) is 6.04. The van der Waals surface area contributed by atoms with Crippen LogP contribution in [0, 0.1) is 18.6 Å². The fourth-order valence-corrected chi connectivity index (χ4v) is 5.23. The van der Waals surface area contributed by atoms with Crippen molar-refractivity contribution < 1.29 is 18.3 Å². The van der Waals surface area contributed by atoms with Crippen molar-refractivity contribution >= 4 is 34.7 Å². The molecule has 0 bridgehead atoms. The molecule has 0 atom stereocenters. The van der Waals surface area contributed by atoms with Gasteiger partial charge >= 0.3 is 6.03 Å². The number of hydrogen-bond donors (Lipinski definition) is 4. The Morgan fingerprint density at radius 3 is 2.02 bits per heavy atom. The second kappa shape index (κ2) is 13.8. The van der Waals surface area contributed by atoms with Crippen LogP contribution in [0.2, 0.25) is 0 Å². The van der Waals surface area contributed by atoms with Gasteiger partial charge in [0.05, 0.1) is 13.2 Å². The second-order valence-electron chi connectivity index (χ2n) is 10.9. The standard InChI is InChI=1S/C33H34F2N10O2/c1-4-38-33(46)41-28-31(39-21-8-12-36-13-9-21)42-30(43-32(28)40-22-10-14-37-15-11-22)27-19(3)29(20-6-7-20)45(44-27)18-24-25(34)16-23(47-5-2)17-26(24)35/h8-17,20H,4-7,18H2,1-3H3,(H2,38,41,46)(H2,36,37,39,40,42,43). The summed E-state index contributed by atoms with van der Waals surface area (Å²) in [6, 6.07) is 8.98. The first kappa shape index (κ1) is 31.3. The van der Waals surface area contributed by atoms with E-state index in [-0.39, 0.29) is 46.9 Å². The minimum absolute atomic E-state index is 0.119. The van der Waals surface area contributed by atoms with Crippen molar-refractivity contribution in [2.75, 3.05) is 29.1 Å². The highest BCUT2D eigenvalue weighted by atomic mass is 19.1. The summed E-state index contributed by atoms with van der Waals surface area (Å²) in [7, 11) is 0. The molecular weight excluding hydrogens is 606 g/mol. The normalized spacial score (nSPS) is 12.4. The van der Waals surface area contributed by atoms with Crippen LogP contribution in [0.1, 0.15) is 49.4 Å². The van der Waals surface area contributed by atoms with Gasteiger partial charge in [-0.3, -0.25) is 14.6 Å². The summed E-state index contributed by atoms with van der Waals surface area (Å²) in [5.41, 5.74) is 3.61. The van der Waals surface area contributed by atoms with Crippen molar-refractivity contribution in [1.29, 1.82) is 0 Å². The van der Waals surface area contributed by atoms with E-state index in [1.807, 2.05) is 13.8 Å². The smallest absolute Gasteiger partial charge is 0.319 e. The van der Waals surface area contributed by atoms with Crippen molar-refractivity contribution in [3.8, 4) is 17.3 Å². The van der Waals surface area contributed by atoms with Crippen molar-refractivity contribution in [3.05, 3.63) is 89.6 Å². The molecule has 12 nitrogen and oxygen atoms in total. The van der Waals surface area contributed by atoms with Gasteiger partial charge in [0.1, 0.15) is 28.8 Å². The van der Waals surface area contributed by atoms with E-state index < -0.39 is 17.7 Å². The maximum atomic E-state index is 15.2. The number of benzene rings is 1. The zero-order valence-electron chi connectivity index (χ0n) is 26.1. The monoisotopic (exact) mass is 640 g/mol. The molecule has 0 saturated heterocycles. The Morgan fingerprint density at radius 1 is 0.936 bits per heavy atom. The molecule has 1 aliphatic carbocycles. The molecule has 0 radical (unpaired) electrons. The van der Waals surface area contributed by atoms with Gasteiger partial charge in [-0.15, -0.1) is 0 Å². The number of rotatable bonds is 12. The highest BCUT2D eigenvalue weighted by Gasteiger charge is 2.33. The predicted molar refractivity (Wildman–Crippen MR) is 174 cm³/mol. The van der Waals surface area contributed by atoms with E-state index in [9.17, 15) is 4.79 Å². The summed E-state index contributed by atoms with van der Waals surface area (Å²) in [5.74, 6) is -0.296. The maximum absolute atomic E-state index is 15.2. The van der Waals surface area contributed by atoms with Crippen LogP contribution < -0.4 is 26.0 Å². The minimum atomic E-state index is -0.713. The van der Waals surface area contributed by atoms with E-state index in [1.165, 1.54) is 12.1 Å². The summed E-state index contributed by atoms with van der Waals surface area (Å²) in [5, 5.41) is 17.0. The fraction of sp³-hybridized carbons (Fsp3) is 0.273. The molecule has 0 spiro atoms. The average molecular weight is 641 g/mol. The van der Waals surface area contributed by atoms with Crippen molar-refractivity contribution in [2.24, 2.45) is 0 Å². The van der Waals surface area contributed by atoms with E-state index in [2.05, 4.69) is 31.2 Å². The van der Waals surface area contributed by atoms with Gasteiger partial charge in [-0.05, 0) is 57.9 Å². The third kappa shape index (κ3) is 7.11. The second-order valence-corrected chi connectivity index (χ2v) is 10.9. The molecule has 0 aliphatic heterocycles. The van der Waals surface area contributed by atoms with Gasteiger partial charge in [-0.25, -0.2) is 23.5 Å². The van der Waals surface area contributed by atoms with Gasteiger partial charge in [-0.1, -0.05) is 0 Å². The Balaban J connectivity index is 1.48. The van der Waals surface area contributed by atoms with Crippen LogP contribution in [0.3, 0.4) is 0 Å². The van der Waals surface area contributed by atoms with Gasteiger partial charge in [0, 0.05) is 77.6 Å². The topological polar surface area (TPSA) is 144 Å². The van der Waals surface area contributed by atoms with E-state index in [4.69, 9.17) is 19.8 Å². The third-order valence-corrected chi connectivity index (χ3v) is 7.52. The lowest BCUT2D eigenvalue weighted by atomic mass is 10.1. The highest BCUT2D eigenvalue weighted by Crippen LogP contribution is 2.44. The van der Waals surface area contributed by atoms with E-state index >= 15 is 8.78 Å². The van der Waals surface area contributed by atoms with Gasteiger partial charge in [0.2, 0.25) is 0 Å². The number of nitrogens with one attached hydrogen (secondary N) is 4. The number of anilines is 5. The molecule has 5 aromatic rings. The van der Waals surface area contributed by atoms with Crippen molar-refractivity contribution in [1.82, 2.24) is 35.0 Å². The third-order valence-electron chi connectivity index (χ3n) is 7.52. The Bertz CT molecular complexity index is 1800. The molecule has 1 fully saturated rings. The maximum Gasteiger partial charge on any atom is 0.319 e. The number of carbonyl (C=O) groups excluding carboxylic acids is 1. The number of hydrogen-bond acceptors (Lipinski definition) is 9. The van der Waals surface area contributed by atoms with E-state index in [0.29, 0.717) is 30.2 Å². The molecule has 4 N–H and O–H groups in total. The number of urea groups is 1. The number of halogens is 2. The van der Waals surface area contributed by atoms with E-state index in [0.717, 1.165) is 24.1 Å². The summed E-state index contributed by atoms with van der Waals surface area (Å²) >= 11 is 0. The number of nitrogens with zero attached hydrogens (tertiary/aromatic N) is 6. The Hall–Kier alpha value is -5.66. The largest absolute Gasteiger partial charge is 0.494 e. The molecule has 2 amide bonds. The van der Waals surface area contributed by atoms with Crippen LogP contribution in [0.25, 0.3) is 11.5 Å². The van der Waals surface area contributed by atoms with Gasteiger partial charge in [-0.2, -0.15) is 5.10 Å². The average Bonchev–Trinajstić information content (AvgIpc) is 3.84. The molecule has 1 aliphatic rings. The molecule has 0 unspecified atom stereocenters. The van der Waals surface area contributed by atoms with Crippen LogP contribution in [0.15, 0.2) is 61.2 Å². The molecule has 4 heterocycles. The van der Waals surface area contributed by atoms with Crippen LogP contribution in [-0.2, 0) is 6.54 Å². The number of pyridine rings is 2. The minimum Gasteiger partial charge on any atom is -0.494 e. The number of amides is 2. The zero-order valence-corrected chi connectivity index (χ0v) is 26.1. The zero-order chi connectivity index (χ0) is 32.9.